The number of benzene rings is 1. The van der Waals surface area contributed by atoms with E-state index in [-0.39, 0.29) is 5.95 Å². The van der Waals surface area contributed by atoms with Crippen LogP contribution in [0.3, 0.4) is 0 Å². The second-order valence-corrected chi connectivity index (χ2v) is 7.08. The molecule has 8 nitrogen and oxygen atoms in total. The normalized spacial score (nSPS) is 11.4. The molecule has 9 heteroatoms. The number of ether oxygens (including phenoxy) is 1. The van der Waals surface area contributed by atoms with E-state index in [0.29, 0.717) is 34.9 Å². The number of sulfonamides is 1. The lowest BCUT2D eigenvalue weighted by Crippen LogP contribution is -2.09. The fraction of sp³-hybridized carbons (Fsp3) is 0.188. The Labute approximate surface area is 145 Å². The Kier molecular flexibility index (Phi) is 4.41. The lowest BCUT2D eigenvalue weighted by atomic mass is 10.1. The maximum atomic E-state index is 11.3. The molecular formula is C16H17N5O3S. The third-order valence-corrected chi connectivity index (χ3v) is 3.90. The predicted octanol–water partition coefficient (Wildman–Crippen LogP) is 2.04. The van der Waals surface area contributed by atoms with Gasteiger partial charge in [0.15, 0.2) is 5.52 Å². The summed E-state index contributed by atoms with van der Waals surface area (Å²) < 4.78 is 30.4. The summed E-state index contributed by atoms with van der Waals surface area (Å²) in [6.45, 7) is 2.28. The number of nitrogens with two attached hydrogens (primary N) is 1. The minimum atomic E-state index is -3.31. The minimum absolute atomic E-state index is 0.127. The molecule has 0 aliphatic heterocycles. The molecule has 0 fully saturated rings. The molecule has 0 aliphatic carbocycles. The minimum Gasteiger partial charge on any atom is -0.476 e. The van der Waals surface area contributed by atoms with Crippen molar-refractivity contribution in [3.05, 3.63) is 36.4 Å². The SMILES string of the molecule is CCOc1nc(N)nc2ccc(-c3ccc(NS(C)(=O)=O)cc3)nc12. The molecule has 130 valence electrons. The third kappa shape index (κ3) is 3.94. The van der Waals surface area contributed by atoms with Crippen LogP contribution < -0.4 is 15.2 Å². The molecule has 3 aromatic rings. The number of hydrogen-bond donors (Lipinski definition) is 2. The van der Waals surface area contributed by atoms with Gasteiger partial charge >= 0.3 is 0 Å². The van der Waals surface area contributed by atoms with Crippen LogP contribution in [0.5, 0.6) is 5.88 Å². The zero-order valence-electron chi connectivity index (χ0n) is 13.7. The van der Waals surface area contributed by atoms with Crippen LogP contribution in [0.2, 0.25) is 0 Å². The molecule has 0 amide bonds. The number of pyridine rings is 1. The molecule has 0 bridgehead atoms. The first-order valence-corrected chi connectivity index (χ1v) is 9.40. The van der Waals surface area contributed by atoms with Crippen molar-refractivity contribution in [3.8, 4) is 17.1 Å². The molecule has 0 unspecified atom stereocenters. The van der Waals surface area contributed by atoms with Gasteiger partial charge in [0.25, 0.3) is 0 Å². The summed E-state index contributed by atoms with van der Waals surface area (Å²) >= 11 is 0. The van der Waals surface area contributed by atoms with Gasteiger partial charge in [0.2, 0.25) is 21.9 Å². The van der Waals surface area contributed by atoms with E-state index < -0.39 is 10.0 Å². The molecule has 3 N–H and O–H groups in total. The summed E-state index contributed by atoms with van der Waals surface area (Å²) in [5, 5.41) is 0. The van der Waals surface area contributed by atoms with Gasteiger partial charge in [-0.2, -0.15) is 4.98 Å². The van der Waals surface area contributed by atoms with Gasteiger partial charge in [0.1, 0.15) is 0 Å². The zero-order valence-corrected chi connectivity index (χ0v) is 14.5. The Bertz CT molecular complexity index is 1020. The van der Waals surface area contributed by atoms with Crippen LogP contribution in [-0.4, -0.2) is 36.2 Å². The molecule has 1 aromatic carbocycles. The van der Waals surface area contributed by atoms with E-state index in [4.69, 9.17) is 10.5 Å². The summed E-state index contributed by atoms with van der Waals surface area (Å²) in [6, 6.07) is 10.5. The van der Waals surface area contributed by atoms with Crippen LogP contribution >= 0.6 is 0 Å². The van der Waals surface area contributed by atoms with Crippen molar-refractivity contribution in [2.75, 3.05) is 23.3 Å². The maximum absolute atomic E-state index is 11.3. The molecule has 0 saturated carbocycles. The van der Waals surface area contributed by atoms with Crippen molar-refractivity contribution in [2.24, 2.45) is 0 Å². The van der Waals surface area contributed by atoms with Gasteiger partial charge in [0.05, 0.1) is 24.1 Å². The molecule has 2 aromatic heterocycles. The Hall–Kier alpha value is -2.94. The first-order valence-electron chi connectivity index (χ1n) is 7.51. The quantitative estimate of drug-likeness (QED) is 0.715. The van der Waals surface area contributed by atoms with Crippen LogP contribution in [0.15, 0.2) is 36.4 Å². The number of aromatic nitrogens is 3. The van der Waals surface area contributed by atoms with E-state index in [1.165, 1.54) is 0 Å². The molecule has 0 spiro atoms. The number of nitrogens with zero attached hydrogens (tertiary/aromatic N) is 3. The second-order valence-electron chi connectivity index (χ2n) is 5.34. The lowest BCUT2D eigenvalue weighted by molar-refractivity contribution is 0.330. The van der Waals surface area contributed by atoms with Crippen molar-refractivity contribution >= 4 is 32.7 Å². The topological polar surface area (TPSA) is 120 Å². The highest BCUT2D eigenvalue weighted by Crippen LogP contribution is 2.26. The van der Waals surface area contributed by atoms with Crippen molar-refractivity contribution < 1.29 is 13.2 Å². The predicted molar refractivity (Wildman–Crippen MR) is 96.8 cm³/mol. The van der Waals surface area contributed by atoms with Gasteiger partial charge in [0, 0.05) is 11.3 Å². The van der Waals surface area contributed by atoms with Crippen LogP contribution in [0.25, 0.3) is 22.3 Å². The summed E-state index contributed by atoms with van der Waals surface area (Å²) in [4.78, 5) is 12.8. The molecule has 0 atom stereocenters. The molecule has 3 rings (SSSR count). The highest BCUT2D eigenvalue weighted by Gasteiger charge is 2.11. The van der Waals surface area contributed by atoms with Crippen molar-refractivity contribution in [1.29, 1.82) is 0 Å². The van der Waals surface area contributed by atoms with Crippen molar-refractivity contribution in [3.63, 3.8) is 0 Å². The van der Waals surface area contributed by atoms with Crippen LogP contribution in [0.4, 0.5) is 11.6 Å². The largest absolute Gasteiger partial charge is 0.476 e. The van der Waals surface area contributed by atoms with Gasteiger partial charge in [-0.3, -0.25) is 4.72 Å². The van der Waals surface area contributed by atoms with Crippen molar-refractivity contribution in [2.45, 2.75) is 6.92 Å². The van der Waals surface area contributed by atoms with E-state index in [9.17, 15) is 8.42 Å². The number of nitrogens with one attached hydrogen (secondary N) is 1. The Morgan fingerprint density at radius 1 is 1.08 bits per heavy atom. The fourth-order valence-corrected chi connectivity index (χ4v) is 2.89. The number of hydrogen-bond acceptors (Lipinski definition) is 7. The van der Waals surface area contributed by atoms with Gasteiger partial charge in [-0.1, -0.05) is 12.1 Å². The van der Waals surface area contributed by atoms with Crippen LogP contribution in [0.1, 0.15) is 6.92 Å². The number of anilines is 2. The lowest BCUT2D eigenvalue weighted by Gasteiger charge is -2.09. The number of nitrogen functional groups attached to an aromatic ring is 1. The summed E-state index contributed by atoms with van der Waals surface area (Å²) in [6.07, 6.45) is 1.10. The zero-order chi connectivity index (χ0) is 18.0. The van der Waals surface area contributed by atoms with E-state index in [1.54, 1.807) is 30.3 Å². The van der Waals surface area contributed by atoms with E-state index in [0.717, 1.165) is 11.8 Å². The summed E-state index contributed by atoms with van der Waals surface area (Å²) in [5.74, 6) is 0.462. The van der Waals surface area contributed by atoms with Crippen LogP contribution in [-0.2, 0) is 10.0 Å². The van der Waals surface area contributed by atoms with Gasteiger partial charge in [-0.15, -0.1) is 0 Å². The monoisotopic (exact) mass is 359 g/mol. The van der Waals surface area contributed by atoms with E-state index >= 15 is 0 Å². The molecule has 2 heterocycles. The summed E-state index contributed by atoms with van der Waals surface area (Å²) in [5.41, 5.74) is 8.79. The van der Waals surface area contributed by atoms with Gasteiger partial charge in [-0.25, -0.2) is 18.4 Å². The van der Waals surface area contributed by atoms with Crippen LogP contribution in [0, 0.1) is 0 Å². The van der Waals surface area contributed by atoms with E-state index in [1.807, 2.05) is 13.0 Å². The first kappa shape index (κ1) is 16.9. The van der Waals surface area contributed by atoms with Gasteiger partial charge < -0.3 is 10.5 Å². The second kappa shape index (κ2) is 6.52. The molecule has 0 radical (unpaired) electrons. The molecular weight excluding hydrogens is 342 g/mol. The Morgan fingerprint density at radius 2 is 1.80 bits per heavy atom. The molecule has 25 heavy (non-hydrogen) atoms. The smallest absolute Gasteiger partial charge is 0.245 e. The Balaban J connectivity index is 2.01. The first-order chi connectivity index (χ1) is 11.9. The Morgan fingerprint density at radius 3 is 2.44 bits per heavy atom. The average molecular weight is 359 g/mol. The standard InChI is InChI=1S/C16H17N5O3S/c1-3-24-15-14-13(19-16(17)20-15)9-8-12(18-14)10-4-6-11(7-5-10)21-25(2,22)23/h4-9,21H,3H2,1-2H3,(H2,17,19,20). The molecule has 0 aliphatic rings. The van der Waals surface area contributed by atoms with Gasteiger partial charge in [-0.05, 0) is 31.2 Å². The van der Waals surface area contributed by atoms with Crippen molar-refractivity contribution in [1.82, 2.24) is 15.0 Å². The van der Waals surface area contributed by atoms with E-state index in [2.05, 4.69) is 19.7 Å². The fourth-order valence-electron chi connectivity index (χ4n) is 2.33. The third-order valence-electron chi connectivity index (χ3n) is 3.29. The maximum Gasteiger partial charge on any atom is 0.245 e. The molecule has 0 saturated heterocycles. The summed E-state index contributed by atoms with van der Waals surface area (Å²) in [7, 11) is -3.31. The number of rotatable bonds is 5. The highest BCUT2D eigenvalue weighted by molar-refractivity contribution is 7.92. The highest BCUT2D eigenvalue weighted by atomic mass is 32.2. The number of fused-ring (bicyclic) bond motifs is 1. The average Bonchev–Trinajstić information content (AvgIpc) is 2.54.